The van der Waals surface area contributed by atoms with Crippen LogP contribution in [0.15, 0.2) is 42.6 Å². The molecule has 6 nitrogen and oxygen atoms in total. The standard InChI is InChI=1S/C23H27FN4O2/c24-17-7-8-20-19(16-17)18(23(27-20)21-5-1-2-9-25-21)4-3-6-22(29)26-10-11-28-12-14-30-15-13-28/h1-2,5,7-9,16,27H,3-4,6,10-15H2,(H,26,29). The molecule has 1 aliphatic heterocycles. The summed E-state index contributed by atoms with van der Waals surface area (Å²) in [5.74, 6) is -0.218. The number of pyridine rings is 1. The van der Waals surface area contributed by atoms with Gasteiger partial charge in [0.25, 0.3) is 0 Å². The monoisotopic (exact) mass is 410 g/mol. The maximum atomic E-state index is 13.9. The molecule has 0 aliphatic carbocycles. The minimum absolute atomic E-state index is 0.0497. The molecule has 1 fully saturated rings. The number of nitrogens with zero attached hydrogens (tertiary/aromatic N) is 2. The number of morpholine rings is 1. The van der Waals surface area contributed by atoms with Gasteiger partial charge in [-0.1, -0.05) is 6.07 Å². The first-order valence-corrected chi connectivity index (χ1v) is 10.5. The molecule has 4 rings (SSSR count). The Morgan fingerprint density at radius 1 is 1.23 bits per heavy atom. The number of amides is 1. The number of rotatable bonds is 8. The Balaban J connectivity index is 1.37. The number of aryl methyl sites for hydroxylation is 1. The fourth-order valence-corrected chi connectivity index (χ4v) is 3.90. The first-order chi connectivity index (χ1) is 14.7. The van der Waals surface area contributed by atoms with Crippen LogP contribution in [0.1, 0.15) is 18.4 Å². The zero-order valence-corrected chi connectivity index (χ0v) is 17.0. The fraction of sp³-hybridized carbons (Fsp3) is 0.391. The number of carbonyl (C=O) groups is 1. The summed E-state index contributed by atoms with van der Waals surface area (Å²) in [6, 6.07) is 10.5. The van der Waals surface area contributed by atoms with Crippen LogP contribution in [0, 0.1) is 5.82 Å². The average molecular weight is 410 g/mol. The van der Waals surface area contributed by atoms with Gasteiger partial charge < -0.3 is 15.0 Å². The number of ether oxygens (including phenoxy) is 1. The maximum absolute atomic E-state index is 13.9. The molecule has 3 aromatic rings. The quantitative estimate of drug-likeness (QED) is 0.599. The van der Waals surface area contributed by atoms with Gasteiger partial charge in [-0.15, -0.1) is 0 Å². The predicted molar refractivity (Wildman–Crippen MR) is 115 cm³/mol. The highest BCUT2D eigenvalue weighted by atomic mass is 19.1. The third-order valence-electron chi connectivity index (χ3n) is 5.47. The molecule has 158 valence electrons. The highest BCUT2D eigenvalue weighted by Crippen LogP contribution is 2.31. The van der Waals surface area contributed by atoms with Gasteiger partial charge in [-0.2, -0.15) is 0 Å². The lowest BCUT2D eigenvalue weighted by Crippen LogP contribution is -2.41. The third-order valence-corrected chi connectivity index (χ3v) is 5.47. The molecular formula is C23H27FN4O2. The van der Waals surface area contributed by atoms with Crippen molar-refractivity contribution >= 4 is 16.8 Å². The van der Waals surface area contributed by atoms with E-state index in [2.05, 4.69) is 20.2 Å². The molecule has 1 amide bonds. The van der Waals surface area contributed by atoms with E-state index < -0.39 is 0 Å². The molecule has 30 heavy (non-hydrogen) atoms. The molecule has 7 heteroatoms. The van der Waals surface area contributed by atoms with E-state index >= 15 is 0 Å². The number of hydrogen-bond acceptors (Lipinski definition) is 4. The minimum atomic E-state index is -0.267. The summed E-state index contributed by atoms with van der Waals surface area (Å²) < 4.78 is 19.2. The molecule has 0 bridgehead atoms. The normalized spacial score (nSPS) is 14.8. The number of nitrogens with one attached hydrogen (secondary N) is 2. The van der Waals surface area contributed by atoms with Crippen LogP contribution in [0.4, 0.5) is 4.39 Å². The van der Waals surface area contributed by atoms with E-state index in [4.69, 9.17) is 4.74 Å². The van der Waals surface area contributed by atoms with Crippen LogP contribution in [0.25, 0.3) is 22.3 Å². The van der Waals surface area contributed by atoms with Crippen LogP contribution in [0.5, 0.6) is 0 Å². The van der Waals surface area contributed by atoms with Crippen molar-refractivity contribution < 1.29 is 13.9 Å². The second-order valence-electron chi connectivity index (χ2n) is 7.54. The summed E-state index contributed by atoms with van der Waals surface area (Å²) in [5, 5.41) is 3.85. The van der Waals surface area contributed by atoms with Crippen LogP contribution < -0.4 is 5.32 Å². The highest BCUT2D eigenvalue weighted by molar-refractivity contribution is 5.90. The van der Waals surface area contributed by atoms with Gasteiger partial charge in [0.15, 0.2) is 0 Å². The minimum Gasteiger partial charge on any atom is -0.379 e. The molecule has 0 saturated carbocycles. The van der Waals surface area contributed by atoms with Crippen LogP contribution in [-0.4, -0.2) is 60.2 Å². The maximum Gasteiger partial charge on any atom is 0.220 e. The smallest absolute Gasteiger partial charge is 0.220 e. The molecule has 1 aromatic carbocycles. The Labute approximate surface area is 175 Å². The number of halogens is 1. The zero-order valence-electron chi connectivity index (χ0n) is 17.0. The van der Waals surface area contributed by atoms with Gasteiger partial charge in [0.2, 0.25) is 5.91 Å². The van der Waals surface area contributed by atoms with Crippen LogP contribution in [-0.2, 0) is 16.0 Å². The second kappa shape index (κ2) is 9.82. The molecule has 1 saturated heterocycles. The van der Waals surface area contributed by atoms with Crippen molar-refractivity contribution in [1.29, 1.82) is 0 Å². The third kappa shape index (κ3) is 5.04. The summed E-state index contributed by atoms with van der Waals surface area (Å²) in [6.07, 6.45) is 3.54. The van der Waals surface area contributed by atoms with Crippen molar-refractivity contribution in [2.24, 2.45) is 0 Å². The van der Waals surface area contributed by atoms with Crippen LogP contribution in [0.2, 0.25) is 0 Å². The summed E-state index contributed by atoms with van der Waals surface area (Å²) in [6.45, 7) is 4.86. The summed E-state index contributed by atoms with van der Waals surface area (Å²) in [5.41, 5.74) is 3.59. The van der Waals surface area contributed by atoms with E-state index in [1.165, 1.54) is 6.07 Å². The van der Waals surface area contributed by atoms with E-state index in [0.29, 0.717) is 25.8 Å². The molecule has 0 unspecified atom stereocenters. The first-order valence-electron chi connectivity index (χ1n) is 10.5. The molecular weight excluding hydrogens is 383 g/mol. The lowest BCUT2D eigenvalue weighted by atomic mass is 10.0. The van der Waals surface area contributed by atoms with Crippen LogP contribution in [0.3, 0.4) is 0 Å². The molecule has 2 N–H and O–H groups in total. The lowest BCUT2D eigenvalue weighted by Gasteiger charge is -2.26. The van der Waals surface area contributed by atoms with Gasteiger partial charge in [-0.3, -0.25) is 14.7 Å². The van der Waals surface area contributed by atoms with Gasteiger partial charge in [-0.05, 0) is 48.7 Å². The van der Waals surface area contributed by atoms with Crippen LogP contribution >= 0.6 is 0 Å². The van der Waals surface area contributed by atoms with Gasteiger partial charge in [-0.25, -0.2) is 4.39 Å². The number of H-pyrrole nitrogens is 1. The molecule has 1 aliphatic rings. The molecule has 2 aromatic heterocycles. The Bertz CT molecular complexity index is 984. The molecule has 0 spiro atoms. The van der Waals surface area contributed by atoms with Crippen molar-refractivity contribution in [1.82, 2.24) is 20.2 Å². The molecule has 3 heterocycles. The molecule has 0 radical (unpaired) electrons. The Kier molecular flexibility index (Phi) is 6.71. The van der Waals surface area contributed by atoms with Gasteiger partial charge in [0, 0.05) is 49.7 Å². The van der Waals surface area contributed by atoms with E-state index in [-0.39, 0.29) is 11.7 Å². The fourth-order valence-electron chi connectivity index (χ4n) is 3.90. The number of aromatic amines is 1. The summed E-state index contributed by atoms with van der Waals surface area (Å²) >= 11 is 0. The summed E-state index contributed by atoms with van der Waals surface area (Å²) in [7, 11) is 0. The van der Waals surface area contributed by atoms with Crippen molar-refractivity contribution in [2.45, 2.75) is 19.3 Å². The SMILES string of the molecule is O=C(CCCc1c(-c2ccccn2)[nH]c2ccc(F)cc12)NCCN1CCOCC1. The Hall–Kier alpha value is -2.77. The number of benzene rings is 1. The number of carbonyl (C=O) groups excluding carboxylic acids is 1. The molecule has 0 atom stereocenters. The highest BCUT2D eigenvalue weighted by Gasteiger charge is 2.15. The Morgan fingerprint density at radius 3 is 2.90 bits per heavy atom. The average Bonchev–Trinajstić information content (AvgIpc) is 3.13. The van der Waals surface area contributed by atoms with E-state index in [1.54, 1.807) is 18.3 Å². The number of hydrogen-bond donors (Lipinski definition) is 2. The van der Waals surface area contributed by atoms with Gasteiger partial charge >= 0.3 is 0 Å². The largest absolute Gasteiger partial charge is 0.379 e. The van der Waals surface area contributed by atoms with E-state index in [1.807, 2.05) is 18.2 Å². The lowest BCUT2D eigenvalue weighted by molar-refractivity contribution is -0.121. The first kappa shape index (κ1) is 20.5. The topological polar surface area (TPSA) is 70.2 Å². The van der Waals surface area contributed by atoms with Gasteiger partial charge in [0.05, 0.1) is 24.6 Å². The Morgan fingerprint density at radius 2 is 2.10 bits per heavy atom. The van der Waals surface area contributed by atoms with E-state index in [9.17, 15) is 9.18 Å². The van der Waals surface area contributed by atoms with Crippen molar-refractivity contribution in [3.05, 3.63) is 54.0 Å². The summed E-state index contributed by atoms with van der Waals surface area (Å²) in [4.78, 5) is 22.4. The van der Waals surface area contributed by atoms with E-state index in [0.717, 1.165) is 60.7 Å². The van der Waals surface area contributed by atoms with Crippen molar-refractivity contribution in [3.8, 4) is 11.4 Å². The predicted octanol–water partition coefficient (Wildman–Crippen LogP) is 3.14. The number of aromatic nitrogens is 2. The van der Waals surface area contributed by atoms with Crippen molar-refractivity contribution in [3.63, 3.8) is 0 Å². The second-order valence-corrected chi connectivity index (χ2v) is 7.54. The van der Waals surface area contributed by atoms with Gasteiger partial charge in [0.1, 0.15) is 5.82 Å². The number of fused-ring (bicyclic) bond motifs is 1. The van der Waals surface area contributed by atoms with Crippen molar-refractivity contribution in [2.75, 3.05) is 39.4 Å². The zero-order chi connectivity index (χ0) is 20.8.